The van der Waals surface area contributed by atoms with Crippen molar-refractivity contribution >= 4 is 0 Å². The lowest BCUT2D eigenvalue weighted by molar-refractivity contribution is 0.729. The Hall–Kier alpha value is -0.260. The van der Waals surface area contributed by atoms with Gasteiger partial charge in [-0.05, 0) is 19.4 Å². The van der Waals surface area contributed by atoms with Gasteiger partial charge in [0.25, 0.3) is 0 Å². The van der Waals surface area contributed by atoms with Crippen molar-refractivity contribution in [2.24, 2.45) is 0 Å². The molecule has 0 heteroatoms. The maximum atomic E-state index is 6.66. The summed E-state index contributed by atoms with van der Waals surface area (Å²) < 4.78 is 0. The zero-order chi connectivity index (χ0) is 5.54. The molecule has 0 N–H and O–H groups in total. The van der Waals surface area contributed by atoms with Gasteiger partial charge in [0.05, 0.1) is 0 Å². The van der Waals surface area contributed by atoms with Crippen LogP contribution in [0.25, 0.3) is 0 Å². The Morgan fingerprint density at radius 3 is 2.57 bits per heavy atom. The fourth-order valence-corrected chi connectivity index (χ4v) is 0.496. The number of rotatable bonds is 4. The molecule has 0 aromatic rings. The summed E-state index contributed by atoms with van der Waals surface area (Å²) in [5.41, 5.74) is 0. The summed E-state index contributed by atoms with van der Waals surface area (Å²) in [6.45, 7) is 8.83. The number of hydrogen-bond donors (Lipinski definition) is 0. The predicted molar refractivity (Wildman–Crippen MR) is 32.0 cm³/mol. The Bertz CT molecular complexity index is 37.3. The van der Waals surface area contributed by atoms with Gasteiger partial charge in [-0.2, -0.15) is 0 Å². The summed E-state index contributed by atoms with van der Waals surface area (Å²) in [5, 5.41) is 0. The van der Waals surface area contributed by atoms with E-state index in [-0.39, 0.29) is 0 Å². The van der Waals surface area contributed by atoms with Gasteiger partial charge in [0.1, 0.15) is 0 Å². The van der Waals surface area contributed by atoms with Crippen LogP contribution in [-0.4, -0.2) is 0 Å². The zero-order valence-electron chi connectivity index (χ0n) is 4.91. The molecule has 0 aromatic heterocycles. The Labute approximate surface area is 46.2 Å². The van der Waals surface area contributed by atoms with E-state index in [4.69, 9.17) is 6.58 Å². The van der Waals surface area contributed by atoms with Crippen molar-refractivity contribution in [2.45, 2.75) is 32.6 Å². The number of allylic oxidation sites excluding steroid dienone is 1. The van der Waals surface area contributed by atoms with Gasteiger partial charge in [0, 0.05) is 0 Å². The summed E-state index contributed by atoms with van der Waals surface area (Å²) in [5.74, 6) is 0. The van der Waals surface area contributed by atoms with Crippen molar-refractivity contribution in [3.05, 3.63) is 12.7 Å². The average molecular weight is 96.2 g/mol. The second kappa shape index (κ2) is 5.74. The van der Waals surface area contributed by atoms with Crippen molar-refractivity contribution in [3.63, 3.8) is 0 Å². The van der Waals surface area contributed by atoms with Gasteiger partial charge in [0.2, 0.25) is 0 Å². The molecule has 0 rings (SSSR count). The standard InChI is InChI=1S/C7H12/c1-3-5-7-6-4-2/h4H,3,5-7H2,1H3. The Morgan fingerprint density at radius 2 is 2.14 bits per heavy atom. The van der Waals surface area contributed by atoms with Gasteiger partial charge in [-0.1, -0.05) is 25.8 Å². The highest BCUT2D eigenvalue weighted by Crippen LogP contribution is 1.97. The minimum absolute atomic E-state index is 0.966. The van der Waals surface area contributed by atoms with Crippen LogP contribution in [0, 0.1) is 6.58 Å². The maximum absolute atomic E-state index is 6.66. The van der Waals surface area contributed by atoms with Crippen LogP contribution < -0.4 is 0 Å². The monoisotopic (exact) mass is 96.1 g/mol. The van der Waals surface area contributed by atoms with E-state index in [1.54, 1.807) is 0 Å². The Balaban J connectivity index is 2.56. The molecule has 0 aliphatic rings. The molecule has 7 heavy (non-hydrogen) atoms. The van der Waals surface area contributed by atoms with E-state index in [1.165, 1.54) is 25.3 Å². The van der Waals surface area contributed by atoms with Crippen LogP contribution in [0.3, 0.4) is 0 Å². The van der Waals surface area contributed by atoms with Crippen LogP contribution in [0.15, 0.2) is 6.08 Å². The largest absolute Gasteiger partial charge is 0.0760 e. The average Bonchev–Trinajstić information content (AvgIpc) is 1.69. The topological polar surface area (TPSA) is 0 Å². The third-order valence-corrected chi connectivity index (χ3v) is 0.952. The molecule has 0 heterocycles. The maximum Gasteiger partial charge on any atom is -0.0146 e. The fourth-order valence-electron chi connectivity index (χ4n) is 0.496. The molecule has 0 saturated carbocycles. The van der Waals surface area contributed by atoms with Crippen LogP contribution in [0.2, 0.25) is 0 Å². The minimum atomic E-state index is 0.966. The van der Waals surface area contributed by atoms with Crippen LogP contribution in [-0.2, 0) is 0 Å². The first-order valence-electron chi connectivity index (χ1n) is 2.90. The highest BCUT2D eigenvalue weighted by Gasteiger charge is 1.77. The molecule has 0 atom stereocenters. The van der Waals surface area contributed by atoms with E-state index in [2.05, 4.69) is 6.92 Å². The summed E-state index contributed by atoms with van der Waals surface area (Å²) in [4.78, 5) is 0. The first-order chi connectivity index (χ1) is 3.41. The SMILES string of the molecule is [C]=CCCCCC. The third kappa shape index (κ3) is 5.74. The number of unbranched alkanes of at least 4 members (excludes halogenated alkanes) is 3. The molecule has 0 bridgehead atoms. The molecule has 40 valence electrons. The lowest BCUT2D eigenvalue weighted by Gasteiger charge is -1.87. The summed E-state index contributed by atoms with van der Waals surface area (Å²) in [6, 6.07) is 0. The van der Waals surface area contributed by atoms with Crippen molar-refractivity contribution in [1.82, 2.24) is 0 Å². The van der Waals surface area contributed by atoms with E-state index in [0.717, 1.165) is 6.42 Å². The van der Waals surface area contributed by atoms with Gasteiger partial charge < -0.3 is 0 Å². The highest BCUT2D eigenvalue weighted by atomic mass is 13.8. The lowest BCUT2D eigenvalue weighted by Crippen LogP contribution is -1.68. The molecule has 0 amide bonds. The van der Waals surface area contributed by atoms with Crippen LogP contribution in [0.1, 0.15) is 32.6 Å². The molecule has 0 unspecified atom stereocenters. The molecular formula is C7H12. The van der Waals surface area contributed by atoms with E-state index in [0.29, 0.717) is 0 Å². The first-order valence-corrected chi connectivity index (χ1v) is 2.90. The quantitative estimate of drug-likeness (QED) is 0.471. The molecule has 0 fully saturated rings. The van der Waals surface area contributed by atoms with Crippen molar-refractivity contribution in [3.8, 4) is 0 Å². The highest BCUT2D eigenvalue weighted by molar-refractivity contribution is 4.60. The summed E-state index contributed by atoms with van der Waals surface area (Å²) in [6.07, 6.45) is 6.17. The van der Waals surface area contributed by atoms with Gasteiger partial charge in [-0.3, -0.25) is 0 Å². The van der Waals surface area contributed by atoms with Gasteiger partial charge >= 0.3 is 0 Å². The van der Waals surface area contributed by atoms with Crippen LogP contribution in [0.4, 0.5) is 0 Å². The van der Waals surface area contributed by atoms with E-state index >= 15 is 0 Å². The lowest BCUT2D eigenvalue weighted by atomic mass is 10.2. The number of hydrogen-bond acceptors (Lipinski definition) is 0. The van der Waals surface area contributed by atoms with Crippen molar-refractivity contribution in [2.75, 3.05) is 0 Å². The van der Waals surface area contributed by atoms with Crippen LogP contribution >= 0.6 is 0 Å². The molecular weight excluding hydrogens is 84.1 g/mol. The second-order valence-electron chi connectivity index (χ2n) is 1.70. The molecule has 2 radical (unpaired) electrons. The smallest absolute Gasteiger partial charge is 0.0146 e. The molecule has 0 aliphatic carbocycles. The molecule has 0 nitrogen and oxygen atoms in total. The zero-order valence-corrected chi connectivity index (χ0v) is 4.91. The molecule has 0 saturated heterocycles. The van der Waals surface area contributed by atoms with E-state index < -0.39 is 0 Å². The minimum Gasteiger partial charge on any atom is -0.0760 e. The van der Waals surface area contributed by atoms with Crippen LogP contribution in [0.5, 0.6) is 0 Å². The molecule has 0 aliphatic heterocycles. The van der Waals surface area contributed by atoms with E-state index in [9.17, 15) is 0 Å². The Morgan fingerprint density at radius 1 is 1.43 bits per heavy atom. The van der Waals surface area contributed by atoms with Gasteiger partial charge in [-0.25, -0.2) is 0 Å². The normalized spacial score (nSPS) is 8.71. The van der Waals surface area contributed by atoms with Gasteiger partial charge in [-0.15, -0.1) is 0 Å². The predicted octanol–water partition coefficient (Wildman–Crippen LogP) is 2.43. The van der Waals surface area contributed by atoms with Crippen molar-refractivity contribution in [1.29, 1.82) is 0 Å². The third-order valence-electron chi connectivity index (χ3n) is 0.952. The fraction of sp³-hybridized carbons (Fsp3) is 0.714. The second-order valence-corrected chi connectivity index (χ2v) is 1.70. The van der Waals surface area contributed by atoms with Gasteiger partial charge in [0.15, 0.2) is 0 Å². The summed E-state index contributed by atoms with van der Waals surface area (Å²) >= 11 is 0. The molecule has 0 aromatic carbocycles. The first kappa shape index (κ1) is 6.74. The van der Waals surface area contributed by atoms with Crippen molar-refractivity contribution < 1.29 is 0 Å². The Kier molecular flexibility index (Phi) is 5.53. The summed E-state index contributed by atoms with van der Waals surface area (Å²) in [7, 11) is 0. The molecule has 0 spiro atoms. The van der Waals surface area contributed by atoms with E-state index in [1.807, 2.05) is 0 Å².